The lowest BCUT2D eigenvalue weighted by Crippen LogP contribution is -2.17. The minimum absolute atomic E-state index is 0.880. The van der Waals surface area contributed by atoms with Gasteiger partial charge in [0.05, 0.1) is 5.39 Å². The van der Waals surface area contributed by atoms with Gasteiger partial charge in [-0.25, -0.2) is 9.97 Å². The number of hydrogen-bond acceptors (Lipinski definition) is 5. The second kappa shape index (κ2) is 4.43. The first kappa shape index (κ1) is 10.7. The number of rotatable bonds is 3. The molecule has 0 saturated heterocycles. The molecule has 0 radical (unpaired) electrons. The minimum atomic E-state index is 0.880. The average Bonchev–Trinajstić information content (AvgIpc) is 2.97. The molecule has 0 saturated carbocycles. The molecule has 0 N–H and O–H groups in total. The van der Waals surface area contributed by atoms with Gasteiger partial charge in [0, 0.05) is 13.6 Å². The highest BCUT2D eigenvalue weighted by Crippen LogP contribution is 2.26. The largest absolute Gasteiger partial charge is 0.355 e. The quantitative estimate of drug-likeness (QED) is 0.723. The average molecular weight is 261 g/mol. The third-order valence-electron chi connectivity index (χ3n) is 2.60. The van der Waals surface area contributed by atoms with Crippen molar-refractivity contribution >= 4 is 38.7 Å². The molecule has 0 amide bonds. The van der Waals surface area contributed by atoms with Crippen molar-refractivity contribution < 1.29 is 0 Å². The van der Waals surface area contributed by atoms with Gasteiger partial charge in [-0.2, -0.15) is 11.3 Å². The lowest BCUT2D eigenvalue weighted by atomic mass is 10.3. The molecule has 0 atom stereocenters. The van der Waals surface area contributed by atoms with Crippen molar-refractivity contribution in [3.8, 4) is 0 Å². The molecule has 0 unspecified atom stereocenters. The van der Waals surface area contributed by atoms with Crippen molar-refractivity contribution in [1.82, 2.24) is 9.97 Å². The Morgan fingerprint density at radius 2 is 2.18 bits per heavy atom. The van der Waals surface area contributed by atoms with E-state index >= 15 is 0 Å². The molecule has 3 aromatic heterocycles. The Kier molecular flexibility index (Phi) is 2.78. The summed E-state index contributed by atoms with van der Waals surface area (Å²) < 4.78 is 0. The Morgan fingerprint density at radius 1 is 1.24 bits per heavy atom. The summed E-state index contributed by atoms with van der Waals surface area (Å²) >= 11 is 3.38. The van der Waals surface area contributed by atoms with E-state index in [2.05, 4.69) is 50.2 Å². The number of anilines is 1. The Labute approximate surface area is 107 Å². The highest BCUT2D eigenvalue weighted by molar-refractivity contribution is 7.16. The second-order valence-electron chi connectivity index (χ2n) is 3.82. The van der Waals surface area contributed by atoms with Crippen LogP contribution in [0.2, 0.25) is 0 Å². The Morgan fingerprint density at radius 3 is 3.00 bits per heavy atom. The predicted octanol–water partition coefficient (Wildman–Crippen LogP) is 3.39. The molecule has 0 aliphatic carbocycles. The zero-order valence-corrected chi connectivity index (χ0v) is 11.0. The van der Waals surface area contributed by atoms with Gasteiger partial charge in [0.15, 0.2) is 0 Å². The minimum Gasteiger partial charge on any atom is -0.355 e. The third kappa shape index (κ3) is 2.03. The van der Waals surface area contributed by atoms with Crippen LogP contribution in [0.5, 0.6) is 0 Å². The molecule has 3 aromatic rings. The van der Waals surface area contributed by atoms with E-state index in [1.54, 1.807) is 29.0 Å². The van der Waals surface area contributed by atoms with Crippen LogP contribution in [0, 0.1) is 0 Å². The van der Waals surface area contributed by atoms with E-state index in [4.69, 9.17) is 0 Å². The Balaban J connectivity index is 1.95. The molecule has 0 aromatic carbocycles. The van der Waals surface area contributed by atoms with Crippen molar-refractivity contribution in [2.24, 2.45) is 0 Å². The summed E-state index contributed by atoms with van der Waals surface area (Å²) in [5.74, 6) is 1.00. The Bertz CT molecular complexity index is 616. The van der Waals surface area contributed by atoms with Crippen LogP contribution in [0.15, 0.2) is 34.6 Å². The topological polar surface area (TPSA) is 29.0 Å². The molecular weight excluding hydrogens is 250 g/mol. The summed E-state index contributed by atoms with van der Waals surface area (Å²) in [4.78, 5) is 11.9. The van der Waals surface area contributed by atoms with Gasteiger partial charge in [0.2, 0.25) is 0 Å². The van der Waals surface area contributed by atoms with Crippen LogP contribution in [-0.2, 0) is 6.54 Å². The van der Waals surface area contributed by atoms with Crippen LogP contribution in [0.4, 0.5) is 5.82 Å². The molecule has 0 aliphatic heterocycles. The standard InChI is InChI=1S/C12H11N3S2/c1-15(6-9-2-4-16-7-9)11-10-3-5-17-12(10)14-8-13-11/h2-5,7-8H,6H2,1H3. The molecule has 0 bridgehead atoms. The molecular formula is C12H11N3S2. The van der Waals surface area contributed by atoms with Gasteiger partial charge >= 0.3 is 0 Å². The SMILES string of the molecule is CN(Cc1ccsc1)c1ncnc2sccc12. The molecule has 0 fully saturated rings. The van der Waals surface area contributed by atoms with Gasteiger partial charge in [0.25, 0.3) is 0 Å². The first-order valence-corrected chi connectivity index (χ1v) is 7.07. The number of aromatic nitrogens is 2. The molecule has 3 heterocycles. The molecule has 5 heteroatoms. The smallest absolute Gasteiger partial charge is 0.140 e. The maximum Gasteiger partial charge on any atom is 0.140 e. The molecule has 3 rings (SSSR count). The van der Waals surface area contributed by atoms with Crippen molar-refractivity contribution in [3.05, 3.63) is 40.2 Å². The number of thiophene rings is 2. The zero-order chi connectivity index (χ0) is 11.7. The van der Waals surface area contributed by atoms with Gasteiger partial charge in [0.1, 0.15) is 17.0 Å². The molecule has 0 aliphatic rings. The van der Waals surface area contributed by atoms with Crippen LogP contribution in [-0.4, -0.2) is 17.0 Å². The lowest BCUT2D eigenvalue weighted by molar-refractivity contribution is 0.905. The van der Waals surface area contributed by atoms with Gasteiger partial charge in [-0.05, 0) is 33.8 Å². The van der Waals surface area contributed by atoms with E-state index < -0.39 is 0 Å². The molecule has 17 heavy (non-hydrogen) atoms. The summed E-state index contributed by atoms with van der Waals surface area (Å²) in [6, 6.07) is 4.23. The maximum absolute atomic E-state index is 4.38. The monoisotopic (exact) mass is 261 g/mol. The third-order valence-corrected chi connectivity index (χ3v) is 4.15. The Hall–Kier alpha value is -1.46. The fraction of sp³-hybridized carbons (Fsp3) is 0.167. The fourth-order valence-corrected chi connectivity index (χ4v) is 3.20. The van der Waals surface area contributed by atoms with Crippen LogP contribution in [0.25, 0.3) is 10.2 Å². The van der Waals surface area contributed by atoms with Crippen molar-refractivity contribution in [2.75, 3.05) is 11.9 Å². The van der Waals surface area contributed by atoms with E-state index in [0.29, 0.717) is 0 Å². The molecule has 3 nitrogen and oxygen atoms in total. The van der Waals surface area contributed by atoms with Crippen LogP contribution < -0.4 is 4.90 Å². The highest BCUT2D eigenvalue weighted by Gasteiger charge is 2.09. The van der Waals surface area contributed by atoms with Crippen LogP contribution >= 0.6 is 22.7 Å². The van der Waals surface area contributed by atoms with E-state index in [1.807, 2.05) is 0 Å². The van der Waals surface area contributed by atoms with E-state index in [-0.39, 0.29) is 0 Å². The summed E-state index contributed by atoms with van der Waals surface area (Å²) in [5.41, 5.74) is 1.32. The predicted molar refractivity (Wildman–Crippen MR) is 73.8 cm³/mol. The maximum atomic E-state index is 4.38. The van der Waals surface area contributed by atoms with Gasteiger partial charge in [-0.3, -0.25) is 0 Å². The summed E-state index contributed by atoms with van der Waals surface area (Å²) in [7, 11) is 2.07. The van der Waals surface area contributed by atoms with Crippen LogP contribution in [0.3, 0.4) is 0 Å². The van der Waals surface area contributed by atoms with E-state index in [9.17, 15) is 0 Å². The zero-order valence-electron chi connectivity index (χ0n) is 9.33. The van der Waals surface area contributed by atoms with Crippen molar-refractivity contribution in [2.45, 2.75) is 6.54 Å². The molecule has 0 spiro atoms. The summed E-state index contributed by atoms with van der Waals surface area (Å²) in [6.07, 6.45) is 1.64. The molecule has 86 valence electrons. The normalized spacial score (nSPS) is 10.9. The van der Waals surface area contributed by atoms with Gasteiger partial charge in [-0.15, -0.1) is 11.3 Å². The number of hydrogen-bond donors (Lipinski definition) is 0. The number of fused-ring (bicyclic) bond motifs is 1. The van der Waals surface area contributed by atoms with Gasteiger partial charge in [-0.1, -0.05) is 0 Å². The first-order valence-electron chi connectivity index (χ1n) is 5.25. The van der Waals surface area contributed by atoms with Crippen LogP contribution in [0.1, 0.15) is 5.56 Å². The number of nitrogens with zero attached hydrogens (tertiary/aromatic N) is 3. The fourth-order valence-electron chi connectivity index (χ4n) is 1.81. The van der Waals surface area contributed by atoms with E-state index in [0.717, 1.165) is 22.6 Å². The lowest BCUT2D eigenvalue weighted by Gasteiger charge is -2.17. The van der Waals surface area contributed by atoms with Gasteiger partial charge < -0.3 is 4.90 Å². The summed E-state index contributed by atoms with van der Waals surface area (Å²) in [6.45, 7) is 0.880. The van der Waals surface area contributed by atoms with Crippen molar-refractivity contribution in [1.29, 1.82) is 0 Å². The highest BCUT2D eigenvalue weighted by atomic mass is 32.1. The van der Waals surface area contributed by atoms with E-state index in [1.165, 1.54) is 5.56 Å². The second-order valence-corrected chi connectivity index (χ2v) is 5.50. The summed E-state index contributed by atoms with van der Waals surface area (Å²) in [5, 5.41) is 7.46. The van der Waals surface area contributed by atoms with Crippen molar-refractivity contribution in [3.63, 3.8) is 0 Å². The first-order chi connectivity index (χ1) is 8.34.